The Labute approximate surface area is 130 Å². The summed E-state index contributed by atoms with van der Waals surface area (Å²) in [4.78, 5) is 0. The average molecular weight is 306 g/mol. The van der Waals surface area contributed by atoms with E-state index in [1.54, 1.807) is 14.2 Å². The maximum atomic E-state index is 6.11. The van der Waals surface area contributed by atoms with E-state index in [1.807, 2.05) is 44.3 Å². The van der Waals surface area contributed by atoms with Crippen LogP contribution < -0.4 is 14.8 Å². The fourth-order valence-corrected chi connectivity index (χ4v) is 2.52. The van der Waals surface area contributed by atoms with Gasteiger partial charge in [-0.25, -0.2) is 0 Å². The summed E-state index contributed by atoms with van der Waals surface area (Å²) in [7, 11) is 5.24. The monoisotopic (exact) mass is 305 g/mol. The topological polar surface area (TPSA) is 30.5 Å². The van der Waals surface area contributed by atoms with Crippen molar-refractivity contribution in [3.63, 3.8) is 0 Å². The van der Waals surface area contributed by atoms with Gasteiger partial charge in [0.2, 0.25) is 0 Å². The number of hydrogen-bond acceptors (Lipinski definition) is 3. The number of benzene rings is 2. The van der Waals surface area contributed by atoms with Gasteiger partial charge in [-0.15, -0.1) is 0 Å². The highest BCUT2D eigenvalue weighted by atomic mass is 35.5. The lowest BCUT2D eigenvalue weighted by Gasteiger charge is -2.21. The van der Waals surface area contributed by atoms with Crippen molar-refractivity contribution >= 4 is 11.6 Å². The van der Waals surface area contributed by atoms with E-state index < -0.39 is 0 Å². The van der Waals surface area contributed by atoms with Gasteiger partial charge in [-0.05, 0) is 43.3 Å². The smallest absolute Gasteiger partial charge is 0.127 e. The molecule has 0 aromatic heterocycles. The first kappa shape index (κ1) is 15.7. The fourth-order valence-electron chi connectivity index (χ4n) is 2.41. The maximum absolute atomic E-state index is 6.11. The first-order chi connectivity index (χ1) is 10.1. The summed E-state index contributed by atoms with van der Waals surface area (Å²) in [5, 5.41) is 4.10. The summed E-state index contributed by atoms with van der Waals surface area (Å²) in [5.74, 6) is 1.57. The summed E-state index contributed by atoms with van der Waals surface area (Å²) in [6.07, 6.45) is 0. The van der Waals surface area contributed by atoms with Crippen LogP contribution in [-0.4, -0.2) is 21.3 Å². The van der Waals surface area contributed by atoms with Crippen LogP contribution in [0.2, 0.25) is 5.02 Å². The molecule has 0 aliphatic carbocycles. The van der Waals surface area contributed by atoms with Gasteiger partial charge >= 0.3 is 0 Å². The molecule has 112 valence electrons. The van der Waals surface area contributed by atoms with Crippen LogP contribution in [-0.2, 0) is 0 Å². The summed E-state index contributed by atoms with van der Waals surface area (Å²) in [6.45, 7) is 2.00. The summed E-state index contributed by atoms with van der Waals surface area (Å²) in [5.41, 5.74) is 3.26. The van der Waals surface area contributed by atoms with Gasteiger partial charge in [-0.1, -0.05) is 23.7 Å². The van der Waals surface area contributed by atoms with Crippen LogP contribution in [0, 0.1) is 6.92 Å². The minimum absolute atomic E-state index is 0.0295. The van der Waals surface area contributed by atoms with E-state index in [4.69, 9.17) is 21.1 Å². The van der Waals surface area contributed by atoms with Crippen LogP contribution in [0.4, 0.5) is 0 Å². The lowest BCUT2D eigenvalue weighted by Crippen LogP contribution is -2.18. The van der Waals surface area contributed by atoms with Gasteiger partial charge < -0.3 is 14.8 Å². The quantitative estimate of drug-likeness (QED) is 0.906. The average Bonchev–Trinajstić information content (AvgIpc) is 2.51. The van der Waals surface area contributed by atoms with E-state index in [9.17, 15) is 0 Å². The Hall–Kier alpha value is -1.71. The number of hydrogen-bond donors (Lipinski definition) is 1. The van der Waals surface area contributed by atoms with Crippen molar-refractivity contribution in [1.29, 1.82) is 0 Å². The first-order valence-corrected chi connectivity index (χ1v) is 7.13. The Kier molecular flexibility index (Phi) is 5.10. The van der Waals surface area contributed by atoms with Crippen molar-refractivity contribution in [2.75, 3.05) is 21.3 Å². The summed E-state index contributed by atoms with van der Waals surface area (Å²) in [6, 6.07) is 11.9. The molecule has 2 aromatic rings. The molecule has 4 heteroatoms. The van der Waals surface area contributed by atoms with Gasteiger partial charge in [0.25, 0.3) is 0 Å². The van der Waals surface area contributed by atoms with Gasteiger partial charge in [0.15, 0.2) is 0 Å². The molecule has 0 aliphatic rings. The van der Waals surface area contributed by atoms with Gasteiger partial charge in [0.05, 0.1) is 20.3 Å². The highest BCUT2D eigenvalue weighted by Gasteiger charge is 2.17. The summed E-state index contributed by atoms with van der Waals surface area (Å²) < 4.78 is 10.7. The van der Waals surface area contributed by atoms with Crippen molar-refractivity contribution in [3.05, 3.63) is 58.1 Å². The van der Waals surface area contributed by atoms with E-state index in [0.29, 0.717) is 0 Å². The number of methoxy groups -OCH3 is 2. The Morgan fingerprint density at radius 2 is 1.81 bits per heavy atom. The molecule has 2 rings (SSSR count). The minimum Gasteiger partial charge on any atom is -0.497 e. The summed E-state index contributed by atoms with van der Waals surface area (Å²) >= 11 is 6.11. The van der Waals surface area contributed by atoms with Crippen LogP contribution in [0.25, 0.3) is 0 Å². The van der Waals surface area contributed by atoms with Crippen molar-refractivity contribution in [1.82, 2.24) is 5.32 Å². The molecule has 0 saturated heterocycles. The zero-order valence-corrected chi connectivity index (χ0v) is 13.5. The molecule has 0 amide bonds. The molecule has 21 heavy (non-hydrogen) atoms. The van der Waals surface area contributed by atoms with E-state index in [-0.39, 0.29) is 6.04 Å². The predicted octanol–water partition coefficient (Wildman–Crippen LogP) is 3.97. The Balaban J connectivity index is 2.47. The lowest BCUT2D eigenvalue weighted by atomic mass is 9.96. The zero-order chi connectivity index (χ0) is 15.4. The van der Waals surface area contributed by atoms with Gasteiger partial charge in [-0.2, -0.15) is 0 Å². The molecule has 0 radical (unpaired) electrons. The SMILES string of the molecule is CNC(c1ccc(Cl)c(C)c1)c1ccc(OC)cc1OC. The standard InChI is InChI=1S/C17H20ClNO2/c1-11-9-12(5-8-15(11)18)17(19-2)14-7-6-13(20-3)10-16(14)21-4/h5-10,17,19H,1-4H3. The molecule has 0 saturated carbocycles. The Bertz CT molecular complexity index is 628. The van der Waals surface area contributed by atoms with Gasteiger partial charge in [-0.3, -0.25) is 0 Å². The Morgan fingerprint density at radius 1 is 1.05 bits per heavy atom. The normalized spacial score (nSPS) is 12.0. The highest BCUT2D eigenvalue weighted by molar-refractivity contribution is 6.31. The largest absolute Gasteiger partial charge is 0.497 e. The van der Waals surface area contributed by atoms with E-state index in [0.717, 1.165) is 33.2 Å². The number of rotatable bonds is 5. The first-order valence-electron chi connectivity index (χ1n) is 6.76. The van der Waals surface area contributed by atoms with Crippen molar-refractivity contribution in [2.45, 2.75) is 13.0 Å². The second kappa shape index (κ2) is 6.83. The lowest BCUT2D eigenvalue weighted by molar-refractivity contribution is 0.388. The third-order valence-electron chi connectivity index (χ3n) is 3.56. The zero-order valence-electron chi connectivity index (χ0n) is 12.7. The predicted molar refractivity (Wildman–Crippen MR) is 86.6 cm³/mol. The molecule has 2 aromatic carbocycles. The van der Waals surface area contributed by atoms with Crippen LogP contribution in [0.3, 0.4) is 0 Å². The molecule has 1 N–H and O–H groups in total. The van der Waals surface area contributed by atoms with Crippen molar-refractivity contribution in [3.8, 4) is 11.5 Å². The molecule has 1 atom stereocenters. The molecular formula is C17H20ClNO2. The van der Waals surface area contributed by atoms with Crippen LogP contribution in [0.5, 0.6) is 11.5 Å². The molecule has 0 fully saturated rings. The van der Waals surface area contributed by atoms with Crippen molar-refractivity contribution < 1.29 is 9.47 Å². The molecule has 0 spiro atoms. The van der Waals surface area contributed by atoms with Crippen molar-refractivity contribution in [2.24, 2.45) is 0 Å². The van der Waals surface area contributed by atoms with E-state index in [2.05, 4.69) is 11.4 Å². The van der Waals surface area contributed by atoms with E-state index in [1.165, 1.54) is 0 Å². The molecule has 1 unspecified atom stereocenters. The Morgan fingerprint density at radius 3 is 2.38 bits per heavy atom. The molecule has 0 aliphatic heterocycles. The maximum Gasteiger partial charge on any atom is 0.127 e. The molecule has 3 nitrogen and oxygen atoms in total. The van der Waals surface area contributed by atoms with Crippen LogP contribution in [0.15, 0.2) is 36.4 Å². The number of aryl methyl sites for hydroxylation is 1. The van der Waals surface area contributed by atoms with Gasteiger partial charge in [0.1, 0.15) is 11.5 Å². The second-order valence-electron chi connectivity index (χ2n) is 4.84. The highest BCUT2D eigenvalue weighted by Crippen LogP contribution is 2.33. The van der Waals surface area contributed by atoms with Crippen LogP contribution in [0.1, 0.15) is 22.7 Å². The minimum atomic E-state index is 0.0295. The number of ether oxygens (including phenoxy) is 2. The third-order valence-corrected chi connectivity index (χ3v) is 3.98. The molecular weight excluding hydrogens is 286 g/mol. The fraction of sp³-hybridized carbons (Fsp3) is 0.294. The van der Waals surface area contributed by atoms with E-state index >= 15 is 0 Å². The van der Waals surface area contributed by atoms with Gasteiger partial charge in [0, 0.05) is 16.7 Å². The third kappa shape index (κ3) is 3.31. The number of halogens is 1. The molecule has 0 bridgehead atoms. The molecule has 0 heterocycles. The van der Waals surface area contributed by atoms with Crippen LogP contribution >= 0.6 is 11.6 Å². The number of nitrogens with one attached hydrogen (secondary N) is 1. The second-order valence-corrected chi connectivity index (χ2v) is 5.25.